The Morgan fingerprint density at radius 1 is 1.25 bits per heavy atom. The third kappa shape index (κ3) is 5.72. The van der Waals surface area contributed by atoms with Gasteiger partial charge in [0.25, 0.3) is 0 Å². The molecule has 1 aromatic heterocycles. The predicted molar refractivity (Wildman–Crippen MR) is 131 cm³/mol. The highest BCUT2D eigenvalue weighted by molar-refractivity contribution is 7.99. The van der Waals surface area contributed by atoms with E-state index in [9.17, 15) is 4.79 Å². The molecule has 2 aromatic carbocycles. The Balaban J connectivity index is 1.71. The summed E-state index contributed by atoms with van der Waals surface area (Å²) in [6, 6.07) is 11.4. The molecule has 3 aromatic rings. The first kappa shape index (κ1) is 23.9. The van der Waals surface area contributed by atoms with Crippen molar-refractivity contribution in [3.8, 4) is 5.75 Å². The summed E-state index contributed by atoms with van der Waals surface area (Å²) >= 11 is 7.35. The molecule has 0 aliphatic heterocycles. The maximum Gasteiger partial charge on any atom is 0.234 e. The molecule has 1 unspecified atom stereocenters. The number of hydrogen-bond acceptors (Lipinski definition) is 5. The van der Waals surface area contributed by atoms with E-state index in [4.69, 9.17) is 16.3 Å². The van der Waals surface area contributed by atoms with Crippen LogP contribution in [0, 0.1) is 20.8 Å². The van der Waals surface area contributed by atoms with Crippen LogP contribution in [0.3, 0.4) is 0 Å². The summed E-state index contributed by atoms with van der Waals surface area (Å²) in [5.41, 5.74) is 3.91. The summed E-state index contributed by atoms with van der Waals surface area (Å²) in [7, 11) is 0. The van der Waals surface area contributed by atoms with Crippen molar-refractivity contribution in [3.05, 3.63) is 76.6 Å². The quantitative estimate of drug-likeness (QED) is 0.311. The lowest BCUT2D eigenvalue weighted by molar-refractivity contribution is -0.113. The lowest BCUT2D eigenvalue weighted by atomic mass is 10.1. The number of aromatic nitrogens is 3. The van der Waals surface area contributed by atoms with E-state index in [1.807, 2.05) is 43.5 Å². The number of aryl methyl sites for hydroxylation is 2. The Morgan fingerprint density at radius 2 is 2.03 bits per heavy atom. The molecule has 32 heavy (non-hydrogen) atoms. The van der Waals surface area contributed by atoms with Crippen LogP contribution in [0.25, 0.3) is 0 Å². The van der Waals surface area contributed by atoms with Crippen LogP contribution in [0.4, 0.5) is 5.69 Å². The van der Waals surface area contributed by atoms with E-state index in [1.165, 1.54) is 17.3 Å². The van der Waals surface area contributed by atoms with Gasteiger partial charge in [0, 0.05) is 17.3 Å². The molecule has 168 valence electrons. The minimum absolute atomic E-state index is 0.144. The molecule has 1 N–H and O–H groups in total. The molecule has 6 nitrogen and oxygen atoms in total. The maximum absolute atomic E-state index is 12.5. The average Bonchev–Trinajstić information content (AvgIpc) is 3.15. The van der Waals surface area contributed by atoms with Crippen molar-refractivity contribution >= 4 is 35.0 Å². The molecular weight excluding hydrogens is 444 g/mol. The number of hydrogen-bond donors (Lipinski definition) is 1. The molecule has 0 fully saturated rings. The third-order valence-electron chi connectivity index (χ3n) is 5.09. The number of carbonyl (C=O) groups is 1. The number of thioether (sulfide) groups is 1. The highest BCUT2D eigenvalue weighted by Crippen LogP contribution is 2.28. The zero-order valence-corrected chi connectivity index (χ0v) is 20.3. The van der Waals surface area contributed by atoms with Crippen molar-refractivity contribution in [1.82, 2.24) is 14.8 Å². The van der Waals surface area contributed by atoms with Crippen LogP contribution in [0.15, 0.2) is 54.2 Å². The number of anilines is 1. The second-order valence-electron chi connectivity index (χ2n) is 7.49. The van der Waals surface area contributed by atoms with Gasteiger partial charge in [-0.05, 0) is 62.6 Å². The topological polar surface area (TPSA) is 69.0 Å². The van der Waals surface area contributed by atoms with Crippen LogP contribution in [-0.2, 0) is 11.3 Å². The number of halogens is 1. The lowest BCUT2D eigenvalue weighted by Crippen LogP contribution is -2.16. The van der Waals surface area contributed by atoms with Gasteiger partial charge in [-0.25, -0.2) is 0 Å². The molecule has 0 radical (unpaired) electrons. The molecule has 0 spiro atoms. The van der Waals surface area contributed by atoms with Crippen LogP contribution < -0.4 is 10.1 Å². The van der Waals surface area contributed by atoms with Gasteiger partial charge in [0.05, 0.1) is 5.75 Å². The molecule has 0 saturated carbocycles. The second-order valence-corrected chi connectivity index (χ2v) is 8.87. The van der Waals surface area contributed by atoms with Gasteiger partial charge in [0.15, 0.2) is 17.1 Å². The molecular formula is C24H27ClN4O2S. The molecule has 0 bridgehead atoms. The van der Waals surface area contributed by atoms with Crippen LogP contribution in [0.2, 0.25) is 5.02 Å². The lowest BCUT2D eigenvalue weighted by Gasteiger charge is -2.18. The average molecular weight is 471 g/mol. The number of allylic oxidation sites excluding steroid dienone is 1. The van der Waals surface area contributed by atoms with Crippen molar-refractivity contribution in [2.75, 3.05) is 11.1 Å². The molecule has 8 heteroatoms. The van der Waals surface area contributed by atoms with Crippen LogP contribution in [0.1, 0.15) is 35.5 Å². The molecule has 3 rings (SSSR count). The summed E-state index contributed by atoms with van der Waals surface area (Å²) in [6.07, 6.45) is 1.46. The molecule has 0 aliphatic carbocycles. The minimum atomic E-state index is -0.319. The summed E-state index contributed by atoms with van der Waals surface area (Å²) in [5, 5.41) is 12.7. The Labute approximate surface area is 198 Å². The minimum Gasteiger partial charge on any atom is -0.482 e. The molecule has 0 aliphatic rings. The van der Waals surface area contributed by atoms with Gasteiger partial charge < -0.3 is 10.1 Å². The number of nitrogens with one attached hydrogen (secondary N) is 1. The van der Waals surface area contributed by atoms with E-state index in [0.29, 0.717) is 28.2 Å². The van der Waals surface area contributed by atoms with Crippen molar-refractivity contribution < 1.29 is 9.53 Å². The number of carbonyl (C=O) groups excluding carboxylic acids is 1. The van der Waals surface area contributed by atoms with Gasteiger partial charge in [0.1, 0.15) is 5.75 Å². The van der Waals surface area contributed by atoms with E-state index < -0.39 is 0 Å². The Bertz CT molecular complexity index is 1130. The van der Waals surface area contributed by atoms with E-state index in [-0.39, 0.29) is 17.8 Å². The first-order chi connectivity index (χ1) is 15.3. The zero-order valence-electron chi connectivity index (χ0n) is 18.7. The van der Waals surface area contributed by atoms with Crippen molar-refractivity contribution in [2.24, 2.45) is 0 Å². The normalized spacial score (nSPS) is 11.8. The fourth-order valence-corrected chi connectivity index (χ4v) is 4.08. The van der Waals surface area contributed by atoms with Crippen molar-refractivity contribution in [2.45, 2.75) is 45.5 Å². The van der Waals surface area contributed by atoms with E-state index in [0.717, 1.165) is 16.9 Å². The number of amides is 1. The highest BCUT2D eigenvalue weighted by Gasteiger charge is 2.20. The first-order valence-corrected chi connectivity index (χ1v) is 11.6. The number of nitrogens with zero attached hydrogens (tertiary/aromatic N) is 3. The molecule has 0 saturated heterocycles. The molecule has 1 atom stereocenters. The van der Waals surface area contributed by atoms with Gasteiger partial charge in [-0.1, -0.05) is 47.6 Å². The standard InChI is InChI=1S/C24H27ClN4O2S/c1-6-12-29-23(18(5)31-21-9-7-8-15(2)17(21)4)27-28-24(29)32-14-22(30)26-20-13-19(25)11-10-16(20)3/h6-11,13,18H,1,12,14H2,2-5H3,(H,26,30). The van der Waals surface area contributed by atoms with Crippen LogP contribution >= 0.6 is 23.4 Å². The van der Waals surface area contributed by atoms with Crippen LogP contribution in [-0.4, -0.2) is 26.4 Å². The SMILES string of the molecule is C=CCn1c(SCC(=O)Nc2cc(Cl)ccc2C)nnc1C(C)Oc1cccc(C)c1C. The smallest absolute Gasteiger partial charge is 0.234 e. The van der Waals surface area contributed by atoms with E-state index in [1.54, 1.807) is 18.2 Å². The number of ether oxygens (including phenoxy) is 1. The fourth-order valence-electron chi connectivity index (χ4n) is 3.15. The second kappa shape index (κ2) is 10.7. The zero-order chi connectivity index (χ0) is 23.3. The Hall–Kier alpha value is -2.77. The summed E-state index contributed by atoms with van der Waals surface area (Å²) in [4.78, 5) is 12.5. The summed E-state index contributed by atoms with van der Waals surface area (Å²) < 4.78 is 8.10. The molecule has 1 amide bonds. The van der Waals surface area contributed by atoms with Gasteiger partial charge in [0.2, 0.25) is 5.91 Å². The van der Waals surface area contributed by atoms with Gasteiger partial charge in [-0.3, -0.25) is 9.36 Å². The van der Waals surface area contributed by atoms with Gasteiger partial charge >= 0.3 is 0 Å². The maximum atomic E-state index is 12.5. The number of rotatable bonds is 9. The number of benzene rings is 2. The summed E-state index contributed by atoms with van der Waals surface area (Å²) in [5.74, 6) is 1.54. The monoisotopic (exact) mass is 470 g/mol. The van der Waals surface area contributed by atoms with Crippen molar-refractivity contribution in [3.63, 3.8) is 0 Å². The Morgan fingerprint density at radius 3 is 2.78 bits per heavy atom. The van der Waals surface area contributed by atoms with Gasteiger partial charge in [-0.15, -0.1) is 16.8 Å². The predicted octanol–water partition coefficient (Wildman–Crippen LogP) is 5.91. The first-order valence-electron chi connectivity index (χ1n) is 10.3. The molecule has 1 heterocycles. The van der Waals surface area contributed by atoms with E-state index >= 15 is 0 Å². The fraction of sp³-hybridized carbons (Fsp3) is 0.292. The summed E-state index contributed by atoms with van der Waals surface area (Å²) in [6.45, 7) is 12.3. The van der Waals surface area contributed by atoms with E-state index in [2.05, 4.69) is 35.1 Å². The largest absolute Gasteiger partial charge is 0.482 e. The van der Waals surface area contributed by atoms with Crippen molar-refractivity contribution in [1.29, 1.82) is 0 Å². The third-order valence-corrected chi connectivity index (χ3v) is 6.29. The Kier molecular flexibility index (Phi) is 7.99. The van der Waals surface area contributed by atoms with Gasteiger partial charge in [-0.2, -0.15) is 0 Å². The highest BCUT2D eigenvalue weighted by atomic mass is 35.5. The van der Waals surface area contributed by atoms with Crippen LogP contribution in [0.5, 0.6) is 5.75 Å².